The number of carbonyl (C=O) groups excluding carboxylic acids is 1. The second kappa shape index (κ2) is 11.5. The predicted octanol–water partition coefficient (Wildman–Crippen LogP) is 3.58. The van der Waals surface area contributed by atoms with Crippen LogP contribution in [-0.2, 0) is 17.8 Å². The van der Waals surface area contributed by atoms with Crippen molar-refractivity contribution in [1.82, 2.24) is 19.8 Å². The van der Waals surface area contributed by atoms with Crippen molar-refractivity contribution >= 4 is 17.8 Å². The fourth-order valence-electron chi connectivity index (χ4n) is 4.75. The lowest BCUT2D eigenvalue weighted by Gasteiger charge is -2.42. The van der Waals surface area contributed by atoms with Crippen molar-refractivity contribution < 1.29 is 9.53 Å². The van der Waals surface area contributed by atoms with Crippen molar-refractivity contribution in [2.45, 2.75) is 32.4 Å². The Kier molecular flexibility index (Phi) is 8.01. The zero-order chi connectivity index (χ0) is 25.5. The molecule has 2 aromatic rings. The Labute approximate surface area is 212 Å². The predicted molar refractivity (Wildman–Crippen MR) is 140 cm³/mol. The van der Waals surface area contributed by atoms with Gasteiger partial charge in [-0.3, -0.25) is 4.79 Å². The number of rotatable bonds is 7. The highest BCUT2D eigenvalue weighted by atomic mass is 16.5. The van der Waals surface area contributed by atoms with Crippen LogP contribution in [0.15, 0.2) is 60.8 Å². The number of benzene rings is 1. The zero-order valence-corrected chi connectivity index (χ0v) is 20.9. The van der Waals surface area contributed by atoms with Crippen LogP contribution in [0, 0.1) is 11.3 Å². The number of ether oxygens (including phenoxy) is 1. The molecule has 0 bridgehead atoms. The van der Waals surface area contributed by atoms with Crippen molar-refractivity contribution in [1.29, 1.82) is 5.26 Å². The zero-order valence-electron chi connectivity index (χ0n) is 20.9. The van der Waals surface area contributed by atoms with Gasteiger partial charge in [0, 0.05) is 37.4 Å². The van der Waals surface area contributed by atoms with E-state index in [0.29, 0.717) is 32.2 Å². The van der Waals surface area contributed by atoms with Crippen LogP contribution in [0.4, 0.5) is 5.82 Å². The second-order valence-corrected chi connectivity index (χ2v) is 8.91. The lowest BCUT2D eigenvalue weighted by Crippen LogP contribution is -2.55. The largest absolute Gasteiger partial charge is 0.467 e. The molecule has 0 saturated carbocycles. The Hall–Kier alpha value is -4.12. The van der Waals surface area contributed by atoms with Gasteiger partial charge in [0.25, 0.3) is 0 Å². The summed E-state index contributed by atoms with van der Waals surface area (Å²) < 4.78 is 5.45. The monoisotopic (exact) mass is 484 g/mol. The van der Waals surface area contributed by atoms with Crippen molar-refractivity contribution in [2.75, 3.05) is 38.2 Å². The van der Waals surface area contributed by atoms with E-state index in [1.54, 1.807) is 12.0 Å². The van der Waals surface area contributed by atoms with Gasteiger partial charge in [-0.05, 0) is 31.1 Å². The molecule has 8 heteroatoms. The minimum absolute atomic E-state index is 0.142. The molecule has 1 atom stereocenters. The highest BCUT2D eigenvalue weighted by Crippen LogP contribution is 2.31. The minimum Gasteiger partial charge on any atom is -0.467 e. The van der Waals surface area contributed by atoms with Crippen LogP contribution in [0.1, 0.15) is 30.2 Å². The quantitative estimate of drug-likeness (QED) is 0.439. The number of carbonyl (C=O) groups is 1. The van der Waals surface area contributed by atoms with Gasteiger partial charge in [-0.15, -0.1) is 0 Å². The number of hydrogen-bond acceptors (Lipinski definition) is 7. The summed E-state index contributed by atoms with van der Waals surface area (Å²) in [6.45, 7) is 8.91. The molecule has 1 saturated heterocycles. The van der Waals surface area contributed by atoms with E-state index in [-0.39, 0.29) is 18.4 Å². The molecule has 1 aromatic carbocycles. The molecule has 1 fully saturated rings. The molecule has 2 aliphatic heterocycles. The summed E-state index contributed by atoms with van der Waals surface area (Å²) in [5, 5.41) is 9.34. The first-order valence-electron chi connectivity index (χ1n) is 12.2. The average molecular weight is 485 g/mol. The van der Waals surface area contributed by atoms with Gasteiger partial charge in [-0.25, -0.2) is 0 Å². The molecule has 1 unspecified atom stereocenters. The van der Waals surface area contributed by atoms with E-state index < -0.39 is 0 Å². The summed E-state index contributed by atoms with van der Waals surface area (Å²) in [6.07, 6.45) is 8.67. The molecule has 2 aliphatic rings. The van der Waals surface area contributed by atoms with E-state index in [4.69, 9.17) is 9.72 Å². The Morgan fingerprint density at radius 3 is 2.78 bits per heavy atom. The van der Waals surface area contributed by atoms with Gasteiger partial charge in [0.15, 0.2) is 0 Å². The lowest BCUT2D eigenvalue weighted by molar-refractivity contribution is -0.128. The Bertz CT molecular complexity index is 1200. The van der Waals surface area contributed by atoms with Crippen molar-refractivity contribution in [2.24, 2.45) is 0 Å². The summed E-state index contributed by atoms with van der Waals surface area (Å²) >= 11 is 0. The molecule has 186 valence electrons. The maximum absolute atomic E-state index is 12.3. The Morgan fingerprint density at radius 1 is 1.25 bits per heavy atom. The molecule has 0 radical (unpaired) electrons. The van der Waals surface area contributed by atoms with E-state index in [0.717, 1.165) is 41.3 Å². The number of anilines is 1. The number of amides is 1. The maximum atomic E-state index is 12.3. The van der Waals surface area contributed by atoms with E-state index in [9.17, 15) is 10.1 Å². The third kappa shape index (κ3) is 5.57. The van der Waals surface area contributed by atoms with E-state index in [1.807, 2.05) is 18.2 Å². The number of nitriles is 1. The number of aromatic nitrogens is 2. The molecule has 0 spiro atoms. The van der Waals surface area contributed by atoms with Crippen LogP contribution < -0.4 is 9.64 Å². The molecule has 8 nitrogen and oxygen atoms in total. The number of piperazine rings is 1. The molecule has 4 rings (SSSR count). The van der Waals surface area contributed by atoms with Gasteiger partial charge in [-0.1, -0.05) is 49.1 Å². The maximum Gasteiger partial charge on any atom is 0.318 e. The first-order valence-corrected chi connectivity index (χ1v) is 12.2. The molecule has 36 heavy (non-hydrogen) atoms. The lowest BCUT2D eigenvalue weighted by atomic mass is 10.0. The standard InChI is InChI=1S/C28H32N6O2/c1-4-26(35)34-18-17-33(19-23(34)13-15-29)27-24-14-16-32(20-25(24)30-28(31-27)36-3)21(2)9-8-12-22-10-6-5-7-11-22/h4-12,23H,1,13-14,16-20H2,2-3H3/b12-8-,21-9+. The smallest absolute Gasteiger partial charge is 0.318 e. The van der Waals surface area contributed by atoms with Gasteiger partial charge in [0.05, 0.1) is 37.9 Å². The summed E-state index contributed by atoms with van der Waals surface area (Å²) in [6, 6.07) is 12.6. The van der Waals surface area contributed by atoms with Gasteiger partial charge in [0.2, 0.25) is 5.91 Å². The number of allylic oxidation sites excluding steroid dienone is 3. The van der Waals surface area contributed by atoms with Crippen LogP contribution in [0.2, 0.25) is 0 Å². The van der Waals surface area contributed by atoms with Crippen molar-refractivity contribution in [3.63, 3.8) is 0 Å². The average Bonchev–Trinajstić information content (AvgIpc) is 2.92. The molecular weight excluding hydrogens is 452 g/mol. The van der Waals surface area contributed by atoms with E-state index in [2.05, 4.69) is 64.7 Å². The minimum atomic E-state index is -0.215. The van der Waals surface area contributed by atoms with Crippen LogP contribution in [-0.4, -0.2) is 65.0 Å². The summed E-state index contributed by atoms with van der Waals surface area (Å²) in [5.74, 6) is 0.701. The van der Waals surface area contributed by atoms with Gasteiger partial charge < -0.3 is 19.4 Å². The Balaban J connectivity index is 1.54. The van der Waals surface area contributed by atoms with Gasteiger partial charge in [-0.2, -0.15) is 15.2 Å². The van der Waals surface area contributed by atoms with E-state index in [1.165, 1.54) is 6.08 Å². The summed E-state index contributed by atoms with van der Waals surface area (Å²) in [5.41, 5.74) is 4.39. The number of methoxy groups -OCH3 is 1. The fourth-order valence-corrected chi connectivity index (χ4v) is 4.75. The summed E-state index contributed by atoms with van der Waals surface area (Å²) in [4.78, 5) is 27.9. The second-order valence-electron chi connectivity index (χ2n) is 8.91. The van der Waals surface area contributed by atoms with Crippen LogP contribution in [0.25, 0.3) is 6.08 Å². The molecule has 3 heterocycles. The third-order valence-electron chi connectivity index (χ3n) is 6.70. The highest BCUT2D eigenvalue weighted by molar-refractivity contribution is 5.87. The van der Waals surface area contributed by atoms with Crippen LogP contribution in [0.5, 0.6) is 6.01 Å². The molecule has 0 N–H and O–H groups in total. The highest BCUT2D eigenvalue weighted by Gasteiger charge is 2.33. The molecule has 0 aliphatic carbocycles. The van der Waals surface area contributed by atoms with Gasteiger partial charge >= 0.3 is 6.01 Å². The normalized spacial score (nSPS) is 18.1. The Morgan fingerprint density at radius 2 is 2.06 bits per heavy atom. The number of hydrogen-bond donors (Lipinski definition) is 0. The van der Waals surface area contributed by atoms with Crippen molar-refractivity contribution in [3.05, 3.63) is 77.7 Å². The molecule has 1 amide bonds. The SMILES string of the molecule is C=CC(=O)N1CCN(c2nc(OC)nc3c2CCN(/C(C)=C/C=C\c2ccccc2)C3)CC1CC#N. The number of nitrogens with zero attached hydrogens (tertiary/aromatic N) is 6. The van der Waals surface area contributed by atoms with Gasteiger partial charge in [0.1, 0.15) is 5.82 Å². The first-order chi connectivity index (χ1) is 17.5. The fraction of sp³-hybridized carbons (Fsp3) is 0.357. The van der Waals surface area contributed by atoms with Crippen LogP contribution >= 0.6 is 0 Å². The first kappa shape index (κ1) is 25.0. The third-order valence-corrected chi connectivity index (χ3v) is 6.70. The summed E-state index contributed by atoms with van der Waals surface area (Å²) in [7, 11) is 1.57. The molecular formula is C28H32N6O2. The van der Waals surface area contributed by atoms with Crippen LogP contribution in [0.3, 0.4) is 0 Å². The van der Waals surface area contributed by atoms with Crippen molar-refractivity contribution in [3.8, 4) is 12.1 Å². The van der Waals surface area contributed by atoms with E-state index >= 15 is 0 Å². The number of fused-ring (bicyclic) bond motifs is 1. The molecule has 1 aromatic heterocycles. The topological polar surface area (TPSA) is 85.6 Å².